The minimum atomic E-state index is -0.770. The van der Waals surface area contributed by atoms with Gasteiger partial charge in [0.1, 0.15) is 6.61 Å². The lowest BCUT2D eigenvalue weighted by atomic mass is 9.62. The first-order chi connectivity index (χ1) is 12.1. The van der Waals surface area contributed by atoms with E-state index in [1.165, 1.54) is 18.4 Å². The Balaban J connectivity index is 1.62. The van der Waals surface area contributed by atoms with E-state index in [1.807, 2.05) is 6.07 Å². The van der Waals surface area contributed by atoms with Gasteiger partial charge >= 0.3 is 0 Å². The summed E-state index contributed by atoms with van der Waals surface area (Å²) in [4.78, 5) is 2.54. The molecule has 2 fully saturated rings. The van der Waals surface area contributed by atoms with Crippen LogP contribution in [0.5, 0.6) is 11.5 Å². The summed E-state index contributed by atoms with van der Waals surface area (Å²) in [7, 11) is 0. The number of piperidine rings is 1. The Morgan fingerprint density at radius 1 is 1.24 bits per heavy atom. The van der Waals surface area contributed by atoms with Gasteiger partial charge in [0.05, 0.1) is 5.60 Å². The summed E-state index contributed by atoms with van der Waals surface area (Å²) in [5.74, 6) is 1.59. The molecule has 25 heavy (non-hydrogen) atoms. The number of likely N-dealkylation sites (tertiary alicyclic amines) is 1. The van der Waals surface area contributed by atoms with Crippen LogP contribution in [0.25, 0.3) is 0 Å². The number of aromatic hydroxyl groups is 1. The van der Waals surface area contributed by atoms with Crippen LogP contribution in [0.3, 0.4) is 0 Å². The van der Waals surface area contributed by atoms with Gasteiger partial charge in [0.15, 0.2) is 11.5 Å². The molecule has 0 spiro atoms. The highest BCUT2D eigenvalue weighted by atomic mass is 16.5. The molecular weight excluding hydrogens is 316 g/mol. The third-order valence-electron chi connectivity index (χ3n) is 6.90. The number of hydrogen-bond acceptors (Lipinski definition) is 5. The average molecular weight is 344 g/mol. The number of nitrogens with zero attached hydrogens (tertiary/aromatic N) is 1. The zero-order chi connectivity index (χ0) is 17.2. The van der Waals surface area contributed by atoms with Crippen molar-refractivity contribution in [1.29, 1.82) is 0 Å². The minimum absolute atomic E-state index is 0.0316. The highest BCUT2D eigenvalue weighted by Gasteiger charge is 2.55. The zero-order valence-corrected chi connectivity index (χ0v) is 14.7. The summed E-state index contributed by atoms with van der Waals surface area (Å²) in [6.07, 6.45) is 5.88. The van der Waals surface area contributed by atoms with Crippen molar-refractivity contribution in [2.45, 2.75) is 62.1 Å². The summed E-state index contributed by atoms with van der Waals surface area (Å²) < 4.78 is 5.95. The van der Waals surface area contributed by atoms with Crippen LogP contribution >= 0.6 is 0 Å². The van der Waals surface area contributed by atoms with Gasteiger partial charge in [-0.25, -0.2) is 0 Å². The van der Waals surface area contributed by atoms with Crippen LogP contribution in [0.4, 0.5) is 0 Å². The molecular formula is C20H28N2O3. The number of hydrogen-bond donors (Lipinski definition) is 3. The third kappa shape index (κ3) is 2.47. The van der Waals surface area contributed by atoms with E-state index >= 15 is 0 Å². The fourth-order valence-corrected chi connectivity index (χ4v) is 5.38. The number of rotatable bonds is 2. The highest BCUT2D eigenvalue weighted by Crippen LogP contribution is 2.54. The van der Waals surface area contributed by atoms with Gasteiger partial charge < -0.3 is 20.7 Å². The van der Waals surface area contributed by atoms with Crippen molar-refractivity contribution in [1.82, 2.24) is 4.90 Å². The smallest absolute Gasteiger partial charge is 0.164 e. The largest absolute Gasteiger partial charge is 0.504 e. The summed E-state index contributed by atoms with van der Waals surface area (Å²) in [5, 5.41) is 22.2. The molecule has 4 N–H and O–H groups in total. The molecule has 0 aromatic heterocycles. The lowest BCUT2D eigenvalue weighted by Crippen LogP contribution is -2.63. The molecule has 0 radical (unpaired) electrons. The average Bonchev–Trinajstić information content (AvgIpc) is 3.38. The molecule has 2 heterocycles. The van der Waals surface area contributed by atoms with Gasteiger partial charge in [-0.3, -0.25) is 4.90 Å². The topological polar surface area (TPSA) is 79.0 Å². The van der Waals surface area contributed by atoms with Crippen molar-refractivity contribution in [3.63, 3.8) is 0 Å². The number of aliphatic hydroxyl groups is 1. The van der Waals surface area contributed by atoms with E-state index in [1.54, 1.807) is 6.07 Å². The number of benzene rings is 1. The first-order valence-electron chi connectivity index (χ1n) is 9.76. The summed E-state index contributed by atoms with van der Waals surface area (Å²) in [6.45, 7) is 2.53. The van der Waals surface area contributed by atoms with Gasteiger partial charge in [0.25, 0.3) is 0 Å². The first-order valence-corrected chi connectivity index (χ1v) is 9.76. The minimum Gasteiger partial charge on any atom is -0.504 e. The Morgan fingerprint density at radius 3 is 2.88 bits per heavy atom. The van der Waals surface area contributed by atoms with Crippen LogP contribution in [0, 0.1) is 5.92 Å². The highest BCUT2D eigenvalue weighted by molar-refractivity contribution is 5.55. The fourth-order valence-electron chi connectivity index (χ4n) is 5.38. The van der Waals surface area contributed by atoms with Gasteiger partial charge in [-0.2, -0.15) is 0 Å². The SMILES string of the molecule is NC1CCC2(O)C3CCN(CC4CC4)C2Cc2ccc(O)c(c23)OC1. The van der Waals surface area contributed by atoms with Crippen LogP contribution < -0.4 is 10.5 Å². The predicted octanol–water partition coefficient (Wildman–Crippen LogP) is 1.75. The van der Waals surface area contributed by atoms with Crippen molar-refractivity contribution >= 4 is 0 Å². The molecule has 4 unspecified atom stereocenters. The zero-order valence-electron chi connectivity index (χ0n) is 14.7. The molecule has 0 amide bonds. The molecule has 1 aromatic rings. The van der Waals surface area contributed by atoms with E-state index in [0.29, 0.717) is 18.8 Å². The molecule has 2 aliphatic heterocycles. The third-order valence-corrected chi connectivity index (χ3v) is 6.90. The van der Waals surface area contributed by atoms with Crippen LogP contribution in [0.1, 0.15) is 49.1 Å². The summed E-state index contributed by atoms with van der Waals surface area (Å²) >= 11 is 0. The van der Waals surface area contributed by atoms with Crippen LogP contribution in [0.2, 0.25) is 0 Å². The van der Waals surface area contributed by atoms with Gasteiger partial charge in [-0.1, -0.05) is 6.07 Å². The van der Waals surface area contributed by atoms with Crippen molar-refractivity contribution in [3.05, 3.63) is 23.3 Å². The summed E-state index contributed by atoms with van der Waals surface area (Å²) in [6, 6.07) is 3.80. The molecule has 136 valence electrons. The van der Waals surface area contributed by atoms with Gasteiger partial charge in [0.2, 0.25) is 0 Å². The maximum Gasteiger partial charge on any atom is 0.164 e. The van der Waals surface area contributed by atoms with Crippen molar-refractivity contribution in [2.24, 2.45) is 11.7 Å². The maximum absolute atomic E-state index is 11.9. The molecule has 5 rings (SSSR count). The summed E-state index contributed by atoms with van der Waals surface area (Å²) in [5.41, 5.74) is 7.71. The molecule has 5 heteroatoms. The van der Waals surface area contributed by atoms with Crippen LogP contribution in [0.15, 0.2) is 12.1 Å². The van der Waals surface area contributed by atoms with Crippen molar-refractivity contribution in [3.8, 4) is 11.5 Å². The van der Waals surface area contributed by atoms with E-state index in [4.69, 9.17) is 10.5 Å². The number of phenolic OH excluding ortho intramolecular Hbond substituents is 1. The Morgan fingerprint density at radius 2 is 2.08 bits per heavy atom. The first kappa shape index (κ1) is 15.9. The van der Waals surface area contributed by atoms with E-state index in [2.05, 4.69) is 4.90 Å². The van der Waals surface area contributed by atoms with E-state index < -0.39 is 5.60 Å². The second-order valence-electron chi connectivity index (χ2n) is 8.59. The Kier molecular flexibility index (Phi) is 3.56. The quantitative estimate of drug-likeness (QED) is 0.762. The molecule has 4 bridgehead atoms. The van der Waals surface area contributed by atoms with Crippen molar-refractivity contribution in [2.75, 3.05) is 19.7 Å². The molecule has 1 saturated heterocycles. The Labute approximate surface area is 148 Å². The van der Waals surface area contributed by atoms with E-state index in [9.17, 15) is 10.2 Å². The van der Waals surface area contributed by atoms with Gasteiger partial charge in [-0.05, 0) is 62.6 Å². The van der Waals surface area contributed by atoms with Gasteiger partial charge in [0, 0.05) is 30.1 Å². The second kappa shape index (κ2) is 5.60. The standard InChI is InChI=1S/C20H28N2O3/c21-14-5-7-20(24)15-6-8-22(10-12-1-2-12)17(20)9-13-3-4-16(23)19(18(13)15)25-11-14/h3-4,12,14-15,17,23-24H,1-2,5-11,21H2. The molecule has 2 aliphatic carbocycles. The molecule has 5 nitrogen and oxygen atoms in total. The second-order valence-corrected chi connectivity index (χ2v) is 8.59. The van der Waals surface area contributed by atoms with Crippen LogP contribution in [-0.2, 0) is 6.42 Å². The number of phenols is 1. The normalized spacial score (nSPS) is 37.6. The number of ether oxygens (including phenoxy) is 1. The lowest BCUT2D eigenvalue weighted by molar-refractivity contribution is -0.111. The Bertz CT molecular complexity index is 690. The number of nitrogens with two attached hydrogens (primary N) is 1. The fraction of sp³-hybridized carbons (Fsp3) is 0.700. The monoisotopic (exact) mass is 344 g/mol. The lowest BCUT2D eigenvalue weighted by Gasteiger charge is -2.55. The maximum atomic E-state index is 11.9. The molecule has 1 saturated carbocycles. The predicted molar refractivity (Wildman–Crippen MR) is 94.9 cm³/mol. The van der Waals surface area contributed by atoms with Gasteiger partial charge in [-0.15, -0.1) is 0 Å². The molecule has 4 aliphatic rings. The van der Waals surface area contributed by atoms with Crippen molar-refractivity contribution < 1.29 is 14.9 Å². The Hall–Kier alpha value is -1.30. The molecule has 4 atom stereocenters. The molecule has 1 aromatic carbocycles. The van der Waals surface area contributed by atoms with E-state index in [-0.39, 0.29) is 23.8 Å². The van der Waals surface area contributed by atoms with Crippen LogP contribution in [-0.4, -0.2) is 52.5 Å². The van der Waals surface area contributed by atoms with E-state index in [0.717, 1.165) is 43.8 Å².